The summed E-state index contributed by atoms with van der Waals surface area (Å²) in [6.07, 6.45) is 1.72. The number of nitrogens with zero attached hydrogens (tertiary/aromatic N) is 2. The summed E-state index contributed by atoms with van der Waals surface area (Å²) < 4.78 is 15.2. The van der Waals surface area contributed by atoms with Crippen molar-refractivity contribution in [3.05, 3.63) is 81.7 Å². The zero-order valence-electron chi connectivity index (χ0n) is 13.0. The minimum atomic E-state index is -0.317. The quantitative estimate of drug-likeness (QED) is 0.708. The SMILES string of the molecule is O=C(Cc1ccc(Cl)cc1)Nc1nn(Cc2ccccc2F)cc1Cl. The summed E-state index contributed by atoms with van der Waals surface area (Å²) in [6.45, 7) is 0.222. The van der Waals surface area contributed by atoms with Crippen LogP contribution in [0.15, 0.2) is 54.7 Å². The van der Waals surface area contributed by atoms with E-state index in [0.29, 0.717) is 15.6 Å². The Hall–Kier alpha value is -2.37. The second kappa shape index (κ2) is 7.68. The molecule has 128 valence electrons. The Kier molecular flexibility index (Phi) is 5.36. The molecule has 25 heavy (non-hydrogen) atoms. The van der Waals surface area contributed by atoms with E-state index in [2.05, 4.69) is 10.4 Å². The van der Waals surface area contributed by atoms with Gasteiger partial charge in [-0.05, 0) is 23.8 Å². The van der Waals surface area contributed by atoms with Gasteiger partial charge >= 0.3 is 0 Å². The molecule has 0 unspecified atom stereocenters. The molecule has 4 nitrogen and oxygen atoms in total. The van der Waals surface area contributed by atoms with E-state index < -0.39 is 0 Å². The standard InChI is InChI=1S/C18H14Cl2FN3O/c19-14-7-5-12(6-8-14)9-17(25)22-18-15(20)11-24(23-18)10-13-3-1-2-4-16(13)21/h1-8,11H,9-10H2,(H,22,23,25). The molecule has 0 spiro atoms. The van der Waals surface area contributed by atoms with Crippen molar-refractivity contribution in [2.75, 3.05) is 5.32 Å². The summed E-state index contributed by atoms with van der Waals surface area (Å²) in [7, 11) is 0. The second-order valence-electron chi connectivity index (χ2n) is 5.47. The Bertz CT molecular complexity index is 894. The number of nitrogens with one attached hydrogen (secondary N) is 1. The van der Waals surface area contributed by atoms with Gasteiger partial charge in [0.1, 0.15) is 10.8 Å². The fraction of sp³-hybridized carbons (Fsp3) is 0.111. The maximum absolute atomic E-state index is 13.7. The van der Waals surface area contributed by atoms with E-state index in [9.17, 15) is 9.18 Å². The van der Waals surface area contributed by atoms with Crippen molar-refractivity contribution in [2.24, 2.45) is 0 Å². The monoisotopic (exact) mass is 377 g/mol. The minimum absolute atomic E-state index is 0.174. The average molecular weight is 378 g/mol. The molecule has 0 atom stereocenters. The predicted octanol–water partition coefficient (Wildman–Crippen LogP) is 4.56. The molecule has 1 aromatic heterocycles. The number of benzene rings is 2. The lowest BCUT2D eigenvalue weighted by atomic mass is 10.1. The van der Waals surface area contributed by atoms with Crippen LogP contribution in [0.25, 0.3) is 0 Å². The summed E-state index contributed by atoms with van der Waals surface area (Å²) in [5.74, 6) is -0.320. The maximum Gasteiger partial charge on any atom is 0.230 e. The lowest BCUT2D eigenvalue weighted by Gasteiger charge is -2.04. The number of hydrogen-bond donors (Lipinski definition) is 1. The molecule has 0 aliphatic rings. The van der Waals surface area contributed by atoms with Crippen LogP contribution in [0.1, 0.15) is 11.1 Å². The number of hydrogen-bond acceptors (Lipinski definition) is 2. The molecule has 0 bridgehead atoms. The van der Waals surface area contributed by atoms with Gasteiger partial charge in [-0.1, -0.05) is 53.5 Å². The van der Waals surface area contributed by atoms with E-state index in [-0.39, 0.29) is 30.5 Å². The molecule has 0 saturated heterocycles. The van der Waals surface area contributed by atoms with Crippen molar-refractivity contribution in [1.82, 2.24) is 9.78 Å². The number of anilines is 1. The van der Waals surface area contributed by atoms with Crippen LogP contribution in [0.4, 0.5) is 10.2 Å². The third-order valence-electron chi connectivity index (χ3n) is 3.54. The van der Waals surface area contributed by atoms with Gasteiger partial charge in [0, 0.05) is 16.8 Å². The summed E-state index contributed by atoms with van der Waals surface area (Å²) >= 11 is 11.9. The van der Waals surface area contributed by atoms with Crippen molar-refractivity contribution in [2.45, 2.75) is 13.0 Å². The summed E-state index contributed by atoms with van der Waals surface area (Å²) in [4.78, 5) is 12.1. The molecule has 1 N–H and O–H groups in total. The third kappa shape index (κ3) is 4.59. The topological polar surface area (TPSA) is 46.9 Å². The van der Waals surface area contributed by atoms with Gasteiger partial charge in [-0.2, -0.15) is 5.10 Å². The van der Waals surface area contributed by atoms with Gasteiger partial charge < -0.3 is 5.32 Å². The van der Waals surface area contributed by atoms with Crippen molar-refractivity contribution in [3.63, 3.8) is 0 Å². The molecule has 1 heterocycles. The lowest BCUT2D eigenvalue weighted by molar-refractivity contribution is -0.115. The molecule has 3 rings (SSSR count). The fourth-order valence-corrected chi connectivity index (χ4v) is 2.65. The first-order valence-corrected chi connectivity index (χ1v) is 8.27. The first-order valence-electron chi connectivity index (χ1n) is 7.52. The summed E-state index contributed by atoms with van der Waals surface area (Å²) in [5, 5.41) is 7.77. The van der Waals surface area contributed by atoms with E-state index in [1.54, 1.807) is 48.7 Å². The van der Waals surface area contributed by atoms with Crippen molar-refractivity contribution in [1.29, 1.82) is 0 Å². The molecule has 0 aliphatic heterocycles. The molecule has 0 aliphatic carbocycles. The third-order valence-corrected chi connectivity index (χ3v) is 4.07. The zero-order chi connectivity index (χ0) is 17.8. The van der Waals surface area contributed by atoms with Crippen LogP contribution in [-0.4, -0.2) is 15.7 Å². The molecule has 1 amide bonds. The number of carbonyl (C=O) groups excluding carboxylic acids is 1. The van der Waals surface area contributed by atoms with Crippen LogP contribution in [0.2, 0.25) is 10.0 Å². The van der Waals surface area contributed by atoms with Crippen molar-refractivity contribution >= 4 is 34.9 Å². The largest absolute Gasteiger partial charge is 0.308 e. The van der Waals surface area contributed by atoms with Crippen LogP contribution in [0, 0.1) is 5.82 Å². The summed E-state index contributed by atoms with van der Waals surface area (Å²) in [6, 6.07) is 13.4. The van der Waals surface area contributed by atoms with Gasteiger partial charge in [-0.3, -0.25) is 9.48 Å². The Labute approximate surface area is 154 Å². The Balaban J connectivity index is 1.67. The highest BCUT2D eigenvalue weighted by molar-refractivity contribution is 6.33. The van der Waals surface area contributed by atoms with Gasteiger partial charge in [0.25, 0.3) is 0 Å². The van der Waals surface area contributed by atoms with Crippen LogP contribution in [0.3, 0.4) is 0 Å². The van der Waals surface area contributed by atoms with E-state index in [1.807, 2.05) is 0 Å². The molecular weight excluding hydrogens is 364 g/mol. The van der Waals surface area contributed by atoms with E-state index in [1.165, 1.54) is 10.7 Å². The zero-order valence-corrected chi connectivity index (χ0v) is 14.6. The van der Waals surface area contributed by atoms with Crippen LogP contribution in [-0.2, 0) is 17.8 Å². The molecule has 0 radical (unpaired) electrons. The number of aromatic nitrogens is 2. The highest BCUT2D eigenvalue weighted by atomic mass is 35.5. The van der Waals surface area contributed by atoms with Crippen LogP contribution in [0.5, 0.6) is 0 Å². The normalized spacial score (nSPS) is 10.7. The number of amides is 1. The molecule has 0 saturated carbocycles. The first-order chi connectivity index (χ1) is 12.0. The molecule has 7 heteroatoms. The maximum atomic E-state index is 13.7. The number of rotatable bonds is 5. The lowest BCUT2D eigenvalue weighted by Crippen LogP contribution is -2.15. The predicted molar refractivity (Wildman–Crippen MR) is 96.5 cm³/mol. The highest BCUT2D eigenvalue weighted by Gasteiger charge is 2.12. The molecular formula is C18H14Cl2FN3O. The van der Waals surface area contributed by atoms with Gasteiger partial charge in [0.2, 0.25) is 5.91 Å². The van der Waals surface area contributed by atoms with Crippen molar-refractivity contribution in [3.8, 4) is 0 Å². The van der Waals surface area contributed by atoms with Gasteiger partial charge in [-0.25, -0.2) is 4.39 Å². The van der Waals surface area contributed by atoms with Crippen LogP contribution >= 0.6 is 23.2 Å². The molecule has 2 aromatic carbocycles. The van der Waals surface area contributed by atoms with Gasteiger partial charge in [0.15, 0.2) is 5.82 Å². The van der Waals surface area contributed by atoms with E-state index in [0.717, 1.165) is 5.56 Å². The Morgan fingerprint density at radius 3 is 2.56 bits per heavy atom. The Morgan fingerprint density at radius 2 is 1.84 bits per heavy atom. The van der Waals surface area contributed by atoms with Crippen LogP contribution < -0.4 is 5.32 Å². The second-order valence-corrected chi connectivity index (χ2v) is 6.31. The fourth-order valence-electron chi connectivity index (χ4n) is 2.33. The van der Waals surface area contributed by atoms with E-state index >= 15 is 0 Å². The highest BCUT2D eigenvalue weighted by Crippen LogP contribution is 2.21. The van der Waals surface area contributed by atoms with Gasteiger partial charge in [0.05, 0.1) is 13.0 Å². The van der Waals surface area contributed by atoms with Crippen molar-refractivity contribution < 1.29 is 9.18 Å². The number of carbonyl (C=O) groups is 1. The molecule has 3 aromatic rings. The smallest absolute Gasteiger partial charge is 0.230 e. The minimum Gasteiger partial charge on any atom is -0.308 e. The Morgan fingerprint density at radius 1 is 1.12 bits per heavy atom. The first kappa shape index (κ1) is 17.5. The van der Waals surface area contributed by atoms with E-state index in [4.69, 9.17) is 23.2 Å². The molecule has 0 fully saturated rings. The average Bonchev–Trinajstić information content (AvgIpc) is 2.91. The van der Waals surface area contributed by atoms with Gasteiger partial charge in [-0.15, -0.1) is 0 Å². The number of halogens is 3. The summed E-state index contributed by atoms with van der Waals surface area (Å²) in [5.41, 5.74) is 1.31.